The maximum atomic E-state index is 10.6. The van der Waals surface area contributed by atoms with E-state index in [4.69, 9.17) is 11.6 Å². The van der Waals surface area contributed by atoms with E-state index in [2.05, 4.69) is 0 Å². The number of hydrogen-bond donors (Lipinski definition) is 0. The van der Waals surface area contributed by atoms with Gasteiger partial charge in [-0.1, -0.05) is 22.7 Å². The molecule has 0 N–H and O–H groups in total. The number of rotatable bonds is 4. The van der Waals surface area contributed by atoms with Gasteiger partial charge >= 0.3 is 0 Å². The summed E-state index contributed by atoms with van der Waals surface area (Å²) in [6.07, 6.45) is 0. The van der Waals surface area contributed by atoms with Gasteiger partial charge in [0.1, 0.15) is 0 Å². The van der Waals surface area contributed by atoms with Gasteiger partial charge in [-0.2, -0.15) is 0 Å². The molecular weight excluding hydrogens is 276 g/mol. The number of nitro groups is 2. The minimum Gasteiger partial charge on any atom is -0.772 e. The Morgan fingerprint density at radius 1 is 1.18 bits per heavy atom. The van der Waals surface area contributed by atoms with Crippen LogP contribution in [0.1, 0.15) is 5.56 Å². The van der Waals surface area contributed by atoms with E-state index in [-0.39, 0.29) is 5.56 Å². The van der Waals surface area contributed by atoms with Crippen LogP contribution in [0, 0.1) is 20.2 Å². The number of hydrogen-bond acceptors (Lipinski definition) is 6. The van der Waals surface area contributed by atoms with Gasteiger partial charge in [0.2, 0.25) is 0 Å². The normalized spacial score (nSPS) is 12.1. The molecule has 1 rings (SSSR count). The molecule has 0 fully saturated rings. The average molecular weight is 280 g/mol. The molecule has 0 saturated carbocycles. The highest BCUT2D eigenvalue weighted by atomic mass is 35.5. The Hall–Kier alpha value is -1.58. The Morgan fingerprint density at radius 2 is 1.59 bits per heavy atom. The molecule has 0 radical (unpaired) electrons. The van der Waals surface area contributed by atoms with Crippen LogP contribution in [0.2, 0.25) is 5.02 Å². The van der Waals surface area contributed by atoms with Crippen molar-refractivity contribution in [3.05, 3.63) is 42.9 Å². The zero-order valence-corrected chi connectivity index (χ0v) is 9.56. The first-order valence-corrected chi connectivity index (χ1v) is 5.62. The predicted molar refractivity (Wildman–Crippen MR) is 57.4 cm³/mol. The van der Waals surface area contributed by atoms with Crippen LogP contribution in [0.3, 0.4) is 0 Å². The molecule has 0 aliphatic rings. The first kappa shape index (κ1) is 13.5. The van der Waals surface area contributed by atoms with Crippen molar-refractivity contribution in [2.75, 3.05) is 0 Å². The van der Waals surface area contributed by atoms with Gasteiger partial charge in [-0.3, -0.25) is 24.4 Å². The Morgan fingerprint density at radius 3 is 1.88 bits per heavy atom. The maximum Gasteiger partial charge on any atom is 0.295 e. The Balaban J connectivity index is 3.41. The molecule has 0 aliphatic carbocycles. The molecule has 1 aromatic rings. The van der Waals surface area contributed by atoms with Gasteiger partial charge in [-0.05, 0) is 5.56 Å². The minimum atomic E-state index is -2.50. The summed E-state index contributed by atoms with van der Waals surface area (Å²) in [4.78, 5) is 19.3. The summed E-state index contributed by atoms with van der Waals surface area (Å²) in [6, 6.07) is 1.79. The van der Waals surface area contributed by atoms with Crippen LogP contribution in [0.25, 0.3) is 0 Å². The lowest BCUT2D eigenvalue weighted by atomic mass is 10.2. The van der Waals surface area contributed by atoms with Crippen LogP contribution in [-0.2, 0) is 16.8 Å². The third-order valence-corrected chi connectivity index (χ3v) is 2.73. The van der Waals surface area contributed by atoms with Gasteiger partial charge in [-0.15, -0.1) is 0 Å². The quantitative estimate of drug-likeness (QED) is 0.467. The topological polar surface area (TPSA) is 126 Å². The van der Waals surface area contributed by atoms with Gasteiger partial charge in [0, 0.05) is 17.9 Å². The number of halogens is 1. The van der Waals surface area contributed by atoms with Crippen LogP contribution in [0.4, 0.5) is 11.4 Å². The molecule has 0 spiro atoms. The first-order valence-electron chi connectivity index (χ1n) is 4.00. The maximum absolute atomic E-state index is 10.6. The fraction of sp³-hybridized carbons (Fsp3) is 0.143. The number of benzene rings is 1. The molecule has 0 heterocycles. The lowest BCUT2D eigenvalue weighted by Crippen LogP contribution is -2.00. The van der Waals surface area contributed by atoms with Gasteiger partial charge in [0.05, 0.1) is 9.85 Å². The first-order chi connectivity index (χ1) is 7.82. The highest BCUT2D eigenvalue weighted by molar-refractivity contribution is 7.78. The van der Waals surface area contributed by atoms with E-state index in [1.807, 2.05) is 0 Å². The summed E-state index contributed by atoms with van der Waals surface area (Å²) >= 11 is 2.97. The molecule has 0 bridgehead atoms. The number of nitro benzene ring substituents is 2. The van der Waals surface area contributed by atoms with E-state index < -0.39 is 43.1 Å². The van der Waals surface area contributed by atoms with Crippen molar-refractivity contribution in [2.45, 2.75) is 5.75 Å². The van der Waals surface area contributed by atoms with Crippen molar-refractivity contribution in [1.82, 2.24) is 0 Å². The Kier molecular flexibility index (Phi) is 4.10. The summed E-state index contributed by atoms with van der Waals surface area (Å²) in [5.41, 5.74) is -1.45. The lowest BCUT2D eigenvalue weighted by Gasteiger charge is -2.05. The third-order valence-electron chi connectivity index (χ3n) is 1.77. The SMILES string of the molecule is O=[N+]([O-])c1cc(CS(=O)[O-])cc([N+](=O)[O-])c1Cl. The fourth-order valence-corrected chi connectivity index (χ4v) is 1.82. The van der Waals surface area contributed by atoms with Gasteiger partial charge < -0.3 is 4.55 Å². The van der Waals surface area contributed by atoms with Crippen LogP contribution in [0.5, 0.6) is 0 Å². The molecule has 0 amide bonds. The van der Waals surface area contributed by atoms with Crippen molar-refractivity contribution in [1.29, 1.82) is 0 Å². The molecule has 10 heteroatoms. The van der Waals surface area contributed by atoms with Crippen LogP contribution in [-0.4, -0.2) is 18.6 Å². The van der Waals surface area contributed by atoms with Crippen molar-refractivity contribution in [2.24, 2.45) is 0 Å². The molecule has 1 atom stereocenters. The summed E-state index contributed by atoms with van der Waals surface area (Å²) in [6.45, 7) is 0. The van der Waals surface area contributed by atoms with Crippen LogP contribution >= 0.6 is 11.6 Å². The largest absolute Gasteiger partial charge is 0.772 e. The molecule has 17 heavy (non-hydrogen) atoms. The molecule has 1 unspecified atom stereocenters. The minimum absolute atomic E-state index is 0.0684. The van der Waals surface area contributed by atoms with Crippen LogP contribution in [0.15, 0.2) is 12.1 Å². The summed E-state index contributed by atoms with van der Waals surface area (Å²) in [5.74, 6) is -0.557. The van der Waals surface area contributed by atoms with Crippen molar-refractivity contribution in [3.63, 3.8) is 0 Å². The summed E-state index contributed by atoms with van der Waals surface area (Å²) in [5, 5.41) is 20.5. The number of nitrogens with zero attached hydrogens (tertiary/aromatic N) is 2. The second-order valence-electron chi connectivity index (χ2n) is 2.91. The molecule has 92 valence electrons. The predicted octanol–water partition coefficient (Wildman–Crippen LogP) is 1.54. The molecule has 0 saturated heterocycles. The fourth-order valence-electron chi connectivity index (χ4n) is 1.14. The Labute approximate surface area is 102 Å². The zero-order chi connectivity index (χ0) is 13.2. The van der Waals surface area contributed by atoms with E-state index in [1.165, 1.54) is 0 Å². The zero-order valence-electron chi connectivity index (χ0n) is 7.99. The van der Waals surface area contributed by atoms with Gasteiger partial charge in [0.25, 0.3) is 11.4 Å². The third kappa shape index (κ3) is 3.19. The average Bonchev–Trinajstić information content (AvgIpc) is 2.18. The molecule has 0 aromatic heterocycles. The van der Waals surface area contributed by atoms with Gasteiger partial charge in [-0.25, -0.2) is 0 Å². The van der Waals surface area contributed by atoms with E-state index in [1.54, 1.807) is 0 Å². The van der Waals surface area contributed by atoms with E-state index in [0.29, 0.717) is 0 Å². The highest BCUT2D eigenvalue weighted by Gasteiger charge is 2.24. The molecule has 0 aliphatic heterocycles. The highest BCUT2D eigenvalue weighted by Crippen LogP contribution is 2.35. The van der Waals surface area contributed by atoms with E-state index >= 15 is 0 Å². The molecular formula is C7H4ClN2O6S-. The second kappa shape index (κ2) is 5.17. The molecule has 8 nitrogen and oxygen atoms in total. The van der Waals surface area contributed by atoms with Crippen molar-refractivity contribution >= 4 is 34.1 Å². The standard InChI is InChI=1S/C7H5ClN2O6S/c8-7-5(9(11)12)1-4(3-17(15)16)2-6(7)10(13)14/h1-2H,3H2,(H,15,16)/p-1. The van der Waals surface area contributed by atoms with Gasteiger partial charge in [0.15, 0.2) is 5.02 Å². The van der Waals surface area contributed by atoms with Crippen molar-refractivity contribution < 1.29 is 18.6 Å². The smallest absolute Gasteiger partial charge is 0.295 e. The summed E-state index contributed by atoms with van der Waals surface area (Å²) < 4.78 is 20.9. The summed E-state index contributed by atoms with van der Waals surface area (Å²) in [7, 11) is 0. The lowest BCUT2D eigenvalue weighted by molar-refractivity contribution is -0.394. The van der Waals surface area contributed by atoms with Crippen LogP contribution < -0.4 is 0 Å². The Bertz CT molecular complexity index is 484. The van der Waals surface area contributed by atoms with Crippen molar-refractivity contribution in [3.8, 4) is 0 Å². The van der Waals surface area contributed by atoms with E-state index in [9.17, 15) is 29.0 Å². The second-order valence-corrected chi connectivity index (χ2v) is 4.18. The monoisotopic (exact) mass is 279 g/mol. The van der Waals surface area contributed by atoms with E-state index in [0.717, 1.165) is 12.1 Å². The molecule has 1 aromatic carbocycles.